The Labute approximate surface area is 103 Å². The highest BCUT2D eigenvalue weighted by Crippen LogP contribution is 2.59. The van der Waals surface area contributed by atoms with E-state index in [1.165, 1.54) is 12.1 Å². The van der Waals surface area contributed by atoms with Gasteiger partial charge in [-0.05, 0) is 42.3 Å². The maximum Gasteiger partial charge on any atom is 0.166 e. The number of halogens is 2. The van der Waals surface area contributed by atoms with E-state index >= 15 is 0 Å². The van der Waals surface area contributed by atoms with Crippen LogP contribution in [0.4, 0.5) is 8.78 Å². The highest BCUT2D eigenvalue weighted by Gasteiger charge is 2.61. The van der Waals surface area contributed by atoms with E-state index in [1.807, 2.05) is 4.90 Å². The third-order valence-corrected chi connectivity index (χ3v) is 4.15. The van der Waals surface area contributed by atoms with Crippen molar-refractivity contribution in [1.29, 1.82) is 0 Å². The number of piperidine rings is 1. The summed E-state index contributed by atoms with van der Waals surface area (Å²) in [6, 6.07) is 3.75. The van der Waals surface area contributed by atoms with Crippen molar-refractivity contribution in [1.82, 2.24) is 4.90 Å². The Balaban J connectivity index is 1.93. The fraction of sp³-hybridized carbons (Fsp3) is 0.417. The summed E-state index contributed by atoms with van der Waals surface area (Å²) in [4.78, 5) is 1.91. The van der Waals surface area contributed by atoms with E-state index in [9.17, 15) is 8.78 Å². The van der Waals surface area contributed by atoms with Gasteiger partial charge in [-0.3, -0.25) is 0 Å². The van der Waals surface area contributed by atoms with Gasteiger partial charge in [-0.1, -0.05) is 0 Å². The van der Waals surface area contributed by atoms with E-state index in [1.54, 1.807) is 0 Å². The van der Waals surface area contributed by atoms with Crippen LogP contribution in [0.25, 0.3) is 0 Å². The molecule has 1 aromatic carbocycles. The summed E-state index contributed by atoms with van der Waals surface area (Å²) < 4.78 is 26.4. The quantitative estimate of drug-likeness (QED) is 0.775. The van der Waals surface area contributed by atoms with Gasteiger partial charge >= 0.3 is 0 Å². The van der Waals surface area contributed by atoms with Crippen molar-refractivity contribution in [2.45, 2.75) is 11.8 Å². The van der Waals surface area contributed by atoms with Gasteiger partial charge in [0.15, 0.2) is 5.11 Å². The number of thiocarbonyl (C=S) groups is 1. The van der Waals surface area contributed by atoms with Crippen LogP contribution in [0.2, 0.25) is 0 Å². The molecular weight excluding hydrogens is 242 g/mol. The second-order valence-corrected chi connectivity index (χ2v) is 5.35. The number of nitrogens with zero attached hydrogens (tertiary/aromatic N) is 1. The van der Waals surface area contributed by atoms with E-state index in [4.69, 9.17) is 18.0 Å². The zero-order valence-electron chi connectivity index (χ0n) is 9.12. The summed E-state index contributed by atoms with van der Waals surface area (Å²) in [5.41, 5.74) is 6.19. The molecule has 1 saturated carbocycles. The minimum Gasteiger partial charge on any atom is -0.376 e. The molecule has 3 rings (SSSR count). The number of nitrogens with two attached hydrogens (primary N) is 1. The van der Waals surface area contributed by atoms with E-state index < -0.39 is 11.6 Å². The lowest BCUT2D eigenvalue weighted by molar-refractivity contribution is 0.449. The van der Waals surface area contributed by atoms with Gasteiger partial charge in [0.1, 0.15) is 11.6 Å². The minimum atomic E-state index is -0.520. The molecule has 0 bridgehead atoms. The van der Waals surface area contributed by atoms with Gasteiger partial charge in [-0.2, -0.15) is 0 Å². The Morgan fingerprint density at radius 2 is 2.00 bits per heavy atom. The van der Waals surface area contributed by atoms with Crippen LogP contribution < -0.4 is 5.73 Å². The second kappa shape index (κ2) is 3.38. The Morgan fingerprint density at radius 3 is 2.53 bits per heavy atom. The zero-order valence-corrected chi connectivity index (χ0v) is 9.94. The molecule has 0 aromatic heterocycles. The molecule has 0 spiro atoms. The van der Waals surface area contributed by atoms with Gasteiger partial charge in [-0.15, -0.1) is 0 Å². The standard InChI is InChI=1S/C12H12F2N2S/c13-9-1-7(2-10(14)3-9)12-4-8(12)5-16(6-12)11(15)17/h1-3,8H,4-6H2,(H2,15,17)/t8-,12+/m0/s1. The topological polar surface area (TPSA) is 29.3 Å². The second-order valence-electron chi connectivity index (χ2n) is 4.93. The molecule has 1 aromatic rings. The van der Waals surface area contributed by atoms with Crippen molar-refractivity contribution < 1.29 is 8.78 Å². The molecule has 0 radical (unpaired) electrons. The predicted octanol–water partition coefficient (Wildman–Crippen LogP) is 1.78. The van der Waals surface area contributed by atoms with Crippen LogP contribution in [-0.2, 0) is 5.41 Å². The van der Waals surface area contributed by atoms with E-state index in [2.05, 4.69) is 0 Å². The minimum absolute atomic E-state index is 0.133. The van der Waals surface area contributed by atoms with Crippen LogP contribution in [0.3, 0.4) is 0 Å². The molecule has 1 aliphatic heterocycles. The summed E-state index contributed by atoms with van der Waals surface area (Å²) in [5.74, 6) is -0.618. The fourth-order valence-electron chi connectivity index (χ4n) is 2.94. The molecule has 0 amide bonds. The van der Waals surface area contributed by atoms with Crippen LogP contribution in [0.15, 0.2) is 18.2 Å². The maximum absolute atomic E-state index is 13.2. The van der Waals surface area contributed by atoms with Gasteiger partial charge in [0.2, 0.25) is 0 Å². The number of benzene rings is 1. The zero-order chi connectivity index (χ0) is 12.2. The molecule has 1 heterocycles. The van der Waals surface area contributed by atoms with Crippen molar-refractivity contribution in [2.75, 3.05) is 13.1 Å². The molecule has 0 unspecified atom stereocenters. The third kappa shape index (κ3) is 1.60. The van der Waals surface area contributed by atoms with Crippen molar-refractivity contribution in [3.63, 3.8) is 0 Å². The molecule has 2 nitrogen and oxygen atoms in total. The van der Waals surface area contributed by atoms with E-state index in [0.29, 0.717) is 17.6 Å². The van der Waals surface area contributed by atoms with Gasteiger partial charge in [-0.25, -0.2) is 8.78 Å². The first-order valence-electron chi connectivity index (χ1n) is 5.52. The molecule has 90 valence electrons. The summed E-state index contributed by atoms with van der Waals surface area (Å²) in [7, 11) is 0. The van der Waals surface area contributed by atoms with Crippen molar-refractivity contribution in [3.8, 4) is 0 Å². The summed E-state index contributed by atoms with van der Waals surface area (Å²) in [5, 5.41) is 0.369. The van der Waals surface area contributed by atoms with Gasteiger partial charge in [0, 0.05) is 24.6 Å². The fourth-order valence-corrected chi connectivity index (χ4v) is 3.08. The lowest BCUT2D eigenvalue weighted by Gasteiger charge is -2.21. The van der Waals surface area contributed by atoms with Crippen molar-refractivity contribution in [3.05, 3.63) is 35.4 Å². The number of hydrogen-bond acceptors (Lipinski definition) is 1. The average molecular weight is 254 g/mol. The Hall–Kier alpha value is -1.23. The monoisotopic (exact) mass is 254 g/mol. The molecule has 17 heavy (non-hydrogen) atoms. The summed E-state index contributed by atoms with van der Waals surface area (Å²) in [6.07, 6.45) is 0.967. The van der Waals surface area contributed by atoms with Crippen molar-refractivity contribution >= 4 is 17.3 Å². The number of hydrogen-bond donors (Lipinski definition) is 1. The first-order valence-corrected chi connectivity index (χ1v) is 5.93. The molecular formula is C12H12F2N2S. The van der Waals surface area contributed by atoms with Gasteiger partial charge in [0.05, 0.1) is 0 Å². The number of likely N-dealkylation sites (tertiary alicyclic amines) is 1. The normalized spacial score (nSPS) is 30.2. The first-order chi connectivity index (χ1) is 8.01. The van der Waals surface area contributed by atoms with Crippen LogP contribution >= 0.6 is 12.2 Å². The molecule has 2 aliphatic rings. The summed E-state index contributed by atoms with van der Waals surface area (Å²) >= 11 is 4.94. The highest BCUT2D eigenvalue weighted by molar-refractivity contribution is 7.80. The van der Waals surface area contributed by atoms with Crippen LogP contribution in [-0.4, -0.2) is 23.1 Å². The van der Waals surface area contributed by atoms with Gasteiger partial charge in [0.25, 0.3) is 0 Å². The molecule has 5 heteroatoms. The van der Waals surface area contributed by atoms with Crippen LogP contribution in [0.1, 0.15) is 12.0 Å². The lowest BCUT2D eigenvalue weighted by Crippen LogP contribution is -2.36. The van der Waals surface area contributed by atoms with E-state index in [-0.39, 0.29) is 5.41 Å². The summed E-state index contributed by atoms with van der Waals surface area (Å²) in [6.45, 7) is 1.48. The first kappa shape index (κ1) is 10.9. The van der Waals surface area contributed by atoms with Crippen molar-refractivity contribution in [2.24, 2.45) is 11.7 Å². The SMILES string of the molecule is NC(=S)N1C[C@@H]2C[C@]2(c2cc(F)cc(F)c2)C1. The molecule has 2 N–H and O–H groups in total. The number of fused-ring (bicyclic) bond motifs is 1. The smallest absolute Gasteiger partial charge is 0.166 e. The molecule has 1 aliphatic carbocycles. The molecule has 2 fully saturated rings. The predicted molar refractivity (Wildman–Crippen MR) is 64.5 cm³/mol. The Morgan fingerprint density at radius 1 is 1.35 bits per heavy atom. The highest BCUT2D eigenvalue weighted by atomic mass is 32.1. The Kier molecular flexibility index (Phi) is 2.17. The maximum atomic E-state index is 13.2. The molecule has 2 atom stereocenters. The lowest BCUT2D eigenvalue weighted by atomic mass is 9.95. The van der Waals surface area contributed by atoms with E-state index in [0.717, 1.165) is 24.6 Å². The van der Waals surface area contributed by atoms with Crippen LogP contribution in [0.5, 0.6) is 0 Å². The largest absolute Gasteiger partial charge is 0.376 e. The Bertz CT molecular complexity index is 485. The van der Waals surface area contributed by atoms with Gasteiger partial charge < -0.3 is 10.6 Å². The molecule has 1 saturated heterocycles. The number of rotatable bonds is 1. The van der Waals surface area contributed by atoms with Crippen LogP contribution in [0, 0.1) is 17.6 Å². The average Bonchev–Trinajstić information content (AvgIpc) is 2.80. The third-order valence-electron chi connectivity index (χ3n) is 3.89.